The lowest BCUT2D eigenvalue weighted by atomic mass is 10.2. The molecule has 0 aliphatic heterocycles. The molecule has 0 unspecified atom stereocenters. The summed E-state index contributed by atoms with van der Waals surface area (Å²) in [4.78, 5) is 0. The van der Waals surface area contributed by atoms with Crippen LogP contribution < -0.4 is 10.2 Å². The first-order valence-corrected chi connectivity index (χ1v) is 4.78. The van der Waals surface area contributed by atoms with Crippen molar-refractivity contribution in [2.75, 3.05) is 13.7 Å². The molecule has 0 aliphatic rings. The maximum absolute atomic E-state index is 9.36. The van der Waals surface area contributed by atoms with Gasteiger partial charge in [0.15, 0.2) is 11.5 Å². The van der Waals surface area contributed by atoms with Gasteiger partial charge in [0.2, 0.25) is 0 Å². The minimum Gasteiger partial charge on any atom is -0.504 e. The van der Waals surface area contributed by atoms with Gasteiger partial charge in [-0.15, -0.1) is 0 Å². The fourth-order valence-electron chi connectivity index (χ4n) is 1.07. The summed E-state index contributed by atoms with van der Waals surface area (Å²) < 4.78 is 4.96. The molecule has 0 bridgehead atoms. The third-order valence-corrected chi connectivity index (χ3v) is 1.86. The summed E-state index contributed by atoms with van der Waals surface area (Å²) in [6, 6.07) is 6.93. The molecule has 0 aromatic heterocycles. The summed E-state index contributed by atoms with van der Waals surface area (Å²) in [6.07, 6.45) is 2.01. The van der Waals surface area contributed by atoms with Gasteiger partial charge in [0.1, 0.15) is 0 Å². The largest absolute Gasteiger partial charge is 0.504 e. The van der Waals surface area contributed by atoms with Crippen LogP contribution in [0.15, 0.2) is 23.3 Å². The van der Waals surface area contributed by atoms with E-state index in [1.807, 2.05) is 6.07 Å². The van der Waals surface area contributed by atoms with Crippen LogP contribution in [-0.4, -0.2) is 25.0 Å². The van der Waals surface area contributed by atoms with Crippen molar-refractivity contribution >= 4 is 6.21 Å². The Morgan fingerprint density at radius 3 is 3.12 bits per heavy atom. The molecule has 0 saturated heterocycles. The number of rotatable bonds is 5. The molecule has 0 spiro atoms. The molecule has 2 N–H and O–H groups in total. The SMILES string of the molecule is COc1cc(C=NNCCC#N)ccc1O. The maximum Gasteiger partial charge on any atom is 0.161 e. The lowest BCUT2D eigenvalue weighted by Gasteiger charge is -2.03. The van der Waals surface area contributed by atoms with Gasteiger partial charge in [0, 0.05) is 6.54 Å². The fourth-order valence-corrected chi connectivity index (χ4v) is 1.07. The van der Waals surface area contributed by atoms with Gasteiger partial charge in [-0.25, -0.2) is 0 Å². The lowest BCUT2D eigenvalue weighted by molar-refractivity contribution is 0.373. The lowest BCUT2D eigenvalue weighted by Crippen LogP contribution is -2.06. The zero-order valence-electron chi connectivity index (χ0n) is 8.97. The van der Waals surface area contributed by atoms with Crippen molar-refractivity contribution in [2.24, 2.45) is 5.10 Å². The highest BCUT2D eigenvalue weighted by molar-refractivity contribution is 5.80. The molecule has 0 atom stereocenters. The number of hydrogen-bond donors (Lipinski definition) is 2. The Hall–Kier alpha value is -2.22. The number of nitrogens with zero attached hydrogens (tertiary/aromatic N) is 2. The third kappa shape index (κ3) is 3.50. The number of hydrazone groups is 1. The van der Waals surface area contributed by atoms with Crippen LogP contribution in [0, 0.1) is 11.3 Å². The van der Waals surface area contributed by atoms with Crippen molar-refractivity contribution in [1.29, 1.82) is 5.26 Å². The molecular formula is C11H13N3O2. The van der Waals surface area contributed by atoms with Crippen LogP contribution in [0.1, 0.15) is 12.0 Å². The highest BCUT2D eigenvalue weighted by Gasteiger charge is 2.00. The van der Waals surface area contributed by atoms with E-state index in [-0.39, 0.29) is 5.75 Å². The monoisotopic (exact) mass is 219 g/mol. The summed E-state index contributed by atoms with van der Waals surface area (Å²) >= 11 is 0. The summed E-state index contributed by atoms with van der Waals surface area (Å²) in [5, 5.41) is 21.6. The molecule has 1 aromatic carbocycles. The van der Waals surface area contributed by atoms with Crippen molar-refractivity contribution in [3.63, 3.8) is 0 Å². The Morgan fingerprint density at radius 1 is 1.62 bits per heavy atom. The molecule has 1 rings (SSSR count). The summed E-state index contributed by atoms with van der Waals surface area (Å²) in [5.41, 5.74) is 3.54. The maximum atomic E-state index is 9.36. The van der Waals surface area contributed by atoms with Crippen LogP contribution in [0.3, 0.4) is 0 Å². The highest BCUT2D eigenvalue weighted by atomic mass is 16.5. The number of ether oxygens (including phenoxy) is 1. The zero-order valence-corrected chi connectivity index (χ0v) is 8.97. The predicted octanol–water partition coefficient (Wildman–Crippen LogP) is 1.24. The van der Waals surface area contributed by atoms with Crippen LogP contribution in [0.25, 0.3) is 0 Å². The van der Waals surface area contributed by atoms with E-state index in [9.17, 15) is 5.11 Å². The molecule has 0 aliphatic carbocycles. The van der Waals surface area contributed by atoms with Gasteiger partial charge < -0.3 is 15.3 Å². The standard InChI is InChI=1S/C11H13N3O2/c1-16-11-7-9(3-4-10(11)15)8-14-13-6-2-5-12/h3-4,7-8,13,15H,2,6H2,1H3. The molecule has 84 valence electrons. The molecule has 0 amide bonds. The second kappa shape index (κ2) is 6.30. The Labute approximate surface area is 94.0 Å². The molecule has 0 heterocycles. The van der Waals surface area contributed by atoms with Gasteiger partial charge in [0.05, 0.1) is 25.8 Å². The van der Waals surface area contributed by atoms with E-state index >= 15 is 0 Å². The van der Waals surface area contributed by atoms with Crippen LogP contribution >= 0.6 is 0 Å². The smallest absolute Gasteiger partial charge is 0.161 e. The average Bonchev–Trinajstić information content (AvgIpc) is 2.31. The predicted molar refractivity (Wildman–Crippen MR) is 60.5 cm³/mol. The molecular weight excluding hydrogens is 206 g/mol. The van der Waals surface area contributed by atoms with E-state index in [0.29, 0.717) is 18.7 Å². The molecule has 1 aromatic rings. The van der Waals surface area contributed by atoms with Gasteiger partial charge in [-0.1, -0.05) is 0 Å². The summed E-state index contributed by atoms with van der Waals surface area (Å²) in [5.74, 6) is 0.498. The molecule has 5 nitrogen and oxygen atoms in total. The number of benzene rings is 1. The number of methoxy groups -OCH3 is 1. The van der Waals surface area contributed by atoms with Gasteiger partial charge in [0.25, 0.3) is 0 Å². The van der Waals surface area contributed by atoms with Gasteiger partial charge in [-0.2, -0.15) is 10.4 Å². The molecule has 16 heavy (non-hydrogen) atoms. The van der Waals surface area contributed by atoms with Gasteiger partial charge >= 0.3 is 0 Å². The van der Waals surface area contributed by atoms with Crippen LogP contribution in [0.2, 0.25) is 0 Å². The highest BCUT2D eigenvalue weighted by Crippen LogP contribution is 2.25. The van der Waals surface area contributed by atoms with E-state index in [4.69, 9.17) is 10.00 Å². The molecule has 0 radical (unpaired) electrons. The molecule has 0 saturated carbocycles. The van der Waals surface area contributed by atoms with Crippen LogP contribution in [0.4, 0.5) is 0 Å². The average molecular weight is 219 g/mol. The van der Waals surface area contributed by atoms with Crippen molar-refractivity contribution in [2.45, 2.75) is 6.42 Å². The normalized spacial score (nSPS) is 10.0. The van der Waals surface area contributed by atoms with Crippen LogP contribution in [-0.2, 0) is 0 Å². The van der Waals surface area contributed by atoms with Crippen molar-refractivity contribution < 1.29 is 9.84 Å². The quantitative estimate of drug-likeness (QED) is 0.443. The van der Waals surface area contributed by atoms with Gasteiger partial charge in [-0.3, -0.25) is 0 Å². The third-order valence-electron chi connectivity index (χ3n) is 1.86. The van der Waals surface area contributed by atoms with E-state index in [2.05, 4.69) is 10.5 Å². The Balaban J connectivity index is 2.57. The fraction of sp³-hybridized carbons (Fsp3) is 0.273. The topological polar surface area (TPSA) is 77.6 Å². The minimum atomic E-state index is 0.0945. The van der Waals surface area contributed by atoms with Crippen LogP contribution in [0.5, 0.6) is 11.5 Å². The Kier molecular flexibility index (Phi) is 4.67. The number of phenols is 1. The summed E-state index contributed by atoms with van der Waals surface area (Å²) in [7, 11) is 1.49. The molecule has 5 heteroatoms. The first-order valence-electron chi connectivity index (χ1n) is 4.78. The number of nitriles is 1. The second-order valence-corrected chi connectivity index (χ2v) is 3.01. The van der Waals surface area contributed by atoms with E-state index in [1.165, 1.54) is 13.2 Å². The summed E-state index contributed by atoms with van der Waals surface area (Å²) in [6.45, 7) is 0.516. The van der Waals surface area contributed by atoms with Crippen molar-refractivity contribution in [3.05, 3.63) is 23.8 Å². The number of aromatic hydroxyl groups is 1. The first kappa shape index (κ1) is 11.9. The molecule has 0 fully saturated rings. The van der Waals surface area contributed by atoms with Crippen molar-refractivity contribution in [1.82, 2.24) is 5.43 Å². The second-order valence-electron chi connectivity index (χ2n) is 3.01. The Bertz CT molecular complexity index is 410. The number of phenolic OH excluding ortho intramolecular Hbond substituents is 1. The van der Waals surface area contributed by atoms with Crippen molar-refractivity contribution in [3.8, 4) is 17.6 Å². The van der Waals surface area contributed by atoms with E-state index in [1.54, 1.807) is 18.3 Å². The van der Waals surface area contributed by atoms with E-state index < -0.39 is 0 Å². The first-order chi connectivity index (χ1) is 7.77. The minimum absolute atomic E-state index is 0.0945. The van der Waals surface area contributed by atoms with Gasteiger partial charge in [-0.05, 0) is 23.8 Å². The number of nitrogens with one attached hydrogen (secondary N) is 1. The zero-order chi connectivity index (χ0) is 11.8. The Morgan fingerprint density at radius 2 is 2.44 bits per heavy atom. The van der Waals surface area contributed by atoms with E-state index in [0.717, 1.165) is 5.56 Å². The number of hydrogen-bond acceptors (Lipinski definition) is 5.